The van der Waals surface area contributed by atoms with E-state index in [4.69, 9.17) is 4.74 Å². The first-order chi connectivity index (χ1) is 10.1. The third-order valence-electron chi connectivity index (χ3n) is 3.29. The highest BCUT2D eigenvalue weighted by Gasteiger charge is 2.23. The molecule has 21 heavy (non-hydrogen) atoms. The molecule has 1 saturated carbocycles. The first kappa shape index (κ1) is 14.9. The summed E-state index contributed by atoms with van der Waals surface area (Å²) in [6, 6.07) is 0.122. The number of aromatic nitrogens is 2. The smallest absolute Gasteiger partial charge is 0.395 e. The van der Waals surface area contributed by atoms with E-state index in [1.807, 2.05) is 0 Å². The van der Waals surface area contributed by atoms with E-state index in [9.17, 15) is 19.7 Å². The number of carbonyl (C=O) groups is 1. The van der Waals surface area contributed by atoms with Crippen LogP contribution in [0.25, 0.3) is 0 Å². The summed E-state index contributed by atoms with van der Waals surface area (Å²) in [5.41, 5.74) is -1.72. The molecule has 1 fully saturated rings. The molecule has 1 amide bonds. The van der Waals surface area contributed by atoms with Gasteiger partial charge in [0.2, 0.25) is 0 Å². The maximum atomic E-state index is 11.7. The number of ether oxygens (including phenoxy) is 1. The quantitative estimate of drug-likeness (QED) is 0.601. The molecule has 114 valence electrons. The Morgan fingerprint density at radius 2 is 2.19 bits per heavy atom. The first-order valence-electron chi connectivity index (χ1n) is 6.72. The lowest BCUT2D eigenvalue weighted by molar-refractivity contribution is -0.387. The molecule has 0 aromatic carbocycles. The molecule has 9 heteroatoms. The van der Waals surface area contributed by atoms with Crippen LogP contribution >= 0.6 is 0 Å². The van der Waals surface area contributed by atoms with Crippen LogP contribution < -0.4 is 15.6 Å². The molecule has 1 aromatic heterocycles. The number of nitrogens with zero attached hydrogens (tertiary/aromatic N) is 2. The number of hydrogen-bond donors (Lipinski definition) is 2. The van der Waals surface area contributed by atoms with Gasteiger partial charge in [-0.25, -0.2) is 0 Å². The number of hydrogen-bond acceptors (Lipinski definition) is 6. The molecular formula is C12H16N4O5. The number of nitro groups is 1. The predicted molar refractivity (Wildman–Crippen MR) is 72.0 cm³/mol. The van der Waals surface area contributed by atoms with Gasteiger partial charge in [-0.2, -0.15) is 4.98 Å². The van der Waals surface area contributed by atoms with E-state index in [1.165, 1.54) is 6.42 Å². The second-order valence-corrected chi connectivity index (χ2v) is 4.83. The summed E-state index contributed by atoms with van der Waals surface area (Å²) >= 11 is 0. The largest absolute Gasteiger partial charge is 0.463 e. The zero-order chi connectivity index (χ0) is 15.2. The van der Waals surface area contributed by atoms with Crippen LogP contribution in [0.3, 0.4) is 0 Å². The molecule has 1 aromatic rings. The molecule has 0 atom stereocenters. The van der Waals surface area contributed by atoms with E-state index < -0.39 is 28.7 Å². The number of H-pyrrole nitrogens is 1. The SMILES string of the molecule is O=C(COc1nc[nH]c(=O)c1[N+](=O)[O-])NC1CCCCC1. The fourth-order valence-corrected chi connectivity index (χ4v) is 2.29. The van der Waals surface area contributed by atoms with Crippen LogP contribution in [-0.4, -0.2) is 33.4 Å². The molecule has 0 spiro atoms. The second-order valence-electron chi connectivity index (χ2n) is 4.83. The van der Waals surface area contributed by atoms with Crippen LogP contribution in [-0.2, 0) is 4.79 Å². The number of nitrogens with one attached hydrogen (secondary N) is 2. The molecule has 0 bridgehead atoms. The molecule has 0 aliphatic heterocycles. The molecule has 1 aliphatic carbocycles. The lowest BCUT2D eigenvalue weighted by Gasteiger charge is -2.22. The zero-order valence-corrected chi connectivity index (χ0v) is 11.3. The Balaban J connectivity index is 1.93. The van der Waals surface area contributed by atoms with Crippen molar-refractivity contribution in [1.82, 2.24) is 15.3 Å². The standard InChI is InChI=1S/C12H16N4O5/c17-9(15-8-4-2-1-3-5-8)6-21-12-10(16(19)20)11(18)13-7-14-12/h7-8H,1-6H2,(H,15,17)(H,13,14,18). The van der Waals surface area contributed by atoms with Gasteiger partial charge in [0.05, 0.1) is 11.3 Å². The summed E-state index contributed by atoms with van der Waals surface area (Å²) in [7, 11) is 0. The summed E-state index contributed by atoms with van der Waals surface area (Å²) in [6.07, 6.45) is 6.17. The highest BCUT2D eigenvalue weighted by atomic mass is 16.6. The van der Waals surface area contributed by atoms with Gasteiger partial charge < -0.3 is 15.0 Å². The summed E-state index contributed by atoms with van der Waals surface area (Å²) in [6.45, 7) is -0.409. The fourth-order valence-electron chi connectivity index (χ4n) is 2.29. The van der Waals surface area contributed by atoms with Gasteiger partial charge in [-0.1, -0.05) is 19.3 Å². The Morgan fingerprint density at radius 1 is 1.48 bits per heavy atom. The molecule has 2 N–H and O–H groups in total. The van der Waals surface area contributed by atoms with Gasteiger partial charge in [0.15, 0.2) is 6.61 Å². The van der Waals surface area contributed by atoms with Gasteiger partial charge in [0.25, 0.3) is 5.91 Å². The van der Waals surface area contributed by atoms with E-state index in [-0.39, 0.29) is 11.9 Å². The van der Waals surface area contributed by atoms with Crippen molar-refractivity contribution < 1.29 is 14.5 Å². The first-order valence-corrected chi connectivity index (χ1v) is 6.72. The van der Waals surface area contributed by atoms with Crippen LogP contribution in [0.5, 0.6) is 5.88 Å². The molecule has 0 radical (unpaired) electrons. The van der Waals surface area contributed by atoms with Crippen molar-refractivity contribution in [1.29, 1.82) is 0 Å². The maximum Gasteiger partial charge on any atom is 0.395 e. The second kappa shape index (κ2) is 6.82. The Morgan fingerprint density at radius 3 is 2.86 bits per heavy atom. The minimum Gasteiger partial charge on any atom is -0.463 e. The third kappa shape index (κ3) is 4.01. The molecule has 1 heterocycles. The van der Waals surface area contributed by atoms with Crippen LogP contribution in [0, 0.1) is 10.1 Å². The van der Waals surface area contributed by atoms with Crippen molar-refractivity contribution in [3.63, 3.8) is 0 Å². The summed E-state index contributed by atoms with van der Waals surface area (Å²) < 4.78 is 5.00. The van der Waals surface area contributed by atoms with E-state index >= 15 is 0 Å². The van der Waals surface area contributed by atoms with E-state index in [0.29, 0.717) is 0 Å². The van der Waals surface area contributed by atoms with Crippen molar-refractivity contribution in [3.8, 4) is 5.88 Å². The topological polar surface area (TPSA) is 127 Å². The molecule has 2 rings (SSSR count). The Hall–Kier alpha value is -2.45. The van der Waals surface area contributed by atoms with Gasteiger partial charge in [0.1, 0.15) is 0 Å². The summed E-state index contributed by atoms with van der Waals surface area (Å²) in [4.78, 5) is 38.6. The third-order valence-corrected chi connectivity index (χ3v) is 3.29. The van der Waals surface area contributed by atoms with Crippen molar-refractivity contribution in [2.75, 3.05) is 6.61 Å². The average Bonchev–Trinajstić information content (AvgIpc) is 2.45. The van der Waals surface area contributed by atoms with E-state index in [1.54, 1.807) is 0 Å². The normalized spacial score (nSPS) is 15.4. The summed E-state index contributed by atoms with van der Waals surface area (Å²) in [5, 5.41) is 13.6. The highest BCUT2D eigenvalue weighted by Crippen LogP contribution is 2.18. The zero-order valence-electron chi connectivity index (χ0n) is 11.3. The van der Waals surface area contributed by atoms with Crippen molar-refractivity contribution in [2.45, 2.75) is 38.1 Å². The van der Waals surface area contributed by atoms with Crippen molar-refractivity contribution in [3.05, 3.63) is 26.8 Å². The highest BCUT2D eigenvalue weighted by molar-refractivity contribution is 5.77. The number of rotatable bonds is 5. The number of aromatic amines is 1. The molecule has 0 unspecified atom stereocenters. The lowest BCUT2D eigenvalue weighted by Crippen LogP contribution is -2.39. The molecule has 9 nitrogen and oxygen atoms in total. The molecule has 1 aliphatic rings. The lowest BCUT2D eigenvalue weighted by atomic mass is 9.95. The van der Waals surface area contributed by atoms with Gasteiger partial charge >= 0.3 is 17.1 Å². The Bertz CT molecular complexity index is 579. The van der Waals surface area contributed by atoms with Crippen LogP contribution in [0.4, 0.5) is 5.69 Å². The minimum atomic E-state index is -0.919. The number of carbonyl (C=O) groups excluding carboxylic acids is 1. The fraction of sp³-hybridized carbons (Fsp3) is 0.583. The van der Waals surface area contributed by atoms with E-state index in [0.717, 1.165) is 32.0 Å². The summed E-state index contributed by atoms with van der Waals surface area (Å²) in [5.74, 6) is -0.833. The van der Waals surface area contributed by atoms with Crippen molar-refractivity contribution in [2.24, 2.45) is 0 Å². The van der Waals surface area contributed by atoms with Crippen molar-refractivity contribution >= 4 is 11.6 Å². The predicted octanol–water partition coefficient (Wildman–Crippen LogP) is 0.506. The van der Waals surface area contributed by atoms with Gasteiger partial charge in [-0.05, 0) is 12.8 Å². The molecule has 0 saturated heterocycles. The minimum absolute atomic E-state index is 0.122. The Kier molecular flexibility index (Phi) is 4.85. The monoisotopic (exact) mass is 296 g/mol. The van der Waals surface area contributed by atoms with Crippen LogP contribution in [0.1, 0.15) is 32.1 Å². The average molecular weight is 296 g/mol. The van der Waals surface area contributed by atoms with Gasteiger partial charge in [0, 0.05) is 6.04 Å². The Labute approximate surface area is 119 Å². The van der Waals surface area contributed by atoms with Gasteiger partial charge in [-0.15, -0.1) is 0 Å². The molecular weight excluding hydrogens is 280 g/mol. The van der Waals surface area contributed by atoms with Crippen LogP contribution in [0.15, 0.2) is 11.1 Å². The van der Waals surface area contributed by atoms with Gasteiger partial charge in [-0.3, -0.25) is 19.7 Å². The van der Waals surface area contributed by atoms with E-state index in [2.05, 4.69) is 15.3 Å². The van der Waals surface area contributed by atoms with Crippen LogP contribution in [0.2, 0.25) is 0 Å². The maximum absolute atomic E-state index is 11.7. The number of amides is 1.